The molecule has 0 radical (unpaired) electrons. The van der Waals surface area contributed by atoms with Gasteiger partial charge in [0.05, 0.1) is 19.2 Å². The summed E-state index contributed by atoms with van der Waals surface area (Å²) in [6.45, 7) is 2.25. The molecule has 0 fully saturated rings. The average molecular weight is 476 g/mol. The molecule has 0 heterocycles. The molecule has 35 heavy (non-hydrogen) atoms. The van der Waals surface area contributed by atoms with Gasteiger partial charge in [-0.05, 0) is 53.8 Å². The first-order valence-corrected chi connectivity index (χ1v) is 11.2. The number of urea groups is 1. The second-order valence-corrected chi connectivity index (χ2v) is 8.10. The number of amides is 3. The number of carbonyl (C=O) groups excluding carboxylic acids is 2. The number of hydrogen-bond acceptors (Lipinski definition) is 4. The van der Waals surface area contributed by atoms with Crippen molar-refractivity contribution in [1.82, 2.24) is 5.32 Å². The van der Waals surface area contributed by atoms with Crippen molar-refractivity contribution in [3.8, 4) is 5.75 Å². The van der Waals surface area contributed by atoms with Gasteiger partial charge in [-0.1, -0.05) is 48.5 Å². The lowest BCUT2D eigenvalue weighted by molar-refractivity contribution is -0.137. The number of nitrogens with one attached hydrogen (secondary N) is 3. The topological polar surface area (TPSA) is 117 Å². The molecule has 3 amide bonds. The largest absolute Gasteiger partial charge is 0.495 e. The van der Waals surface area contributed by atoms with E-state index in [9.17, 15) is 14.4 Å². The Hall–Kier alpha value is -4.33. The van der Waals surface area contributed by atoms with Gasteiger partial charge < -0.3 is 25.8 Å². The smallest absolute Gasteiger partial charge is 0.323 e. The minimum absolute atomic E-state index is 0.0655. The second kappa shape index (κ2) is 12.2. The Kier molecular flexibility index (Phi) is 8.83. The van der Waals surface area contributed by atoms with Crippen LogP contribution in [0.4, 0.5) is 16.2 Å². The lowest BCUT2D eigenvalue weighted by Gasteiger charge is -2.14. The van der Waals surface area contributed by atoms with E-state index in [0.29, 0.717) is 30.1 Å². The Balaban J connectivity index is 1.55. The van der Waals surface area contributed by atoms with Crippen LogP contribution in [-0.4, -0.2) is 30.1 Å². The van der Waals surface area contributed by atoms with E-state index in [1.54, 1.807) is 18.2 Å². The van der Waals surface area contributed by atoms with E-state index in [-0.39, 0.29) is 18.7 Å². The molecule has 3 aromatic carbocycles. The van der Waals surface area contributed by atoms with Gasteiger partial charge in [0.2, 0.25) is 5.91 Å². The van der Waals surface area contributed by atoms with E-state index >= 15 is 0 Å². The zero-order valence-corrected chi connectivity index (χ0v) is 19.8. The van der Waals surface area contributed by atoms with Crippen LogP contribution < -0.4 is 20.7 Å². The number of anilines is 2. The Morgan fingerprint density at radius 1 is 0.857 bits per heavy atom. The molecule has 0 atom stereocenters. The number of hydrogen-bond donors (Lipinski definition) is 4. The Bertz CT molecular complexity index is 1210. The summed E-state index contributed by atoms with van der Waals surface area (Å²) >= 11 is 0. The maximum Gasteiger partial charge on any atom is 0.323 e. The van der Waals surface area contributed by atoms with Crippen molar-refractivity contribution in [1.29, 1.82) is 0 Å². The lowest BCUT2D eigenvalue weighted by atomic mass is 10.1. The van der Waals surface area contributed by atoms with Crippen molar-refractivity contribution in [2.75, 3.05) is 17.7 Å². The molecule has 3 rings (SSSR count). The van der Waals surface area contributed by atoms with Crippen LogP contribution >= 0.6 is 0 Å². The third-order valence-electron chi connectivity index (χ3n) is 5.38. The molecular formula is C27H29N3O5. The summed E-state index contributed by atoms with van der Waals surface area (Å²) in [5.74, 6) is -0.561. The number of carboxylic acids is 1. The summed E-state index contributed by atoms with van der Waals surface area (Å²) < 4.78 is 5.41. The number of rotatable bonds is 10. The summed E-state index contributed by atoms with van der Waals surface area (Å²) in [7, 11) is 1.50. The molecule has 0 aromatic heterocycles. The van der Waals surface area contributed by atoms with E-state index in [1.807, 2.05) is 55.5 Å². The van der Waals surface area contributed by atoms with E-state index in [2.05, 4.69) is 16.0 Å². The zero-order valence-electron chi connectivity index (χ0n) is 19.8. The van der Waals surface area contributed by atoms with E-state index in [1.165, 1.54) is 7.11 Å². The number of carboxylic acid groups (broad SMARTS) is 1. The zero-order chi connectivity index (χ0) is 25.2. The predicted octanol–water partition coefficient (Wildman–Crippen LogP) is 4.52. The third kappa shape index (κ3) is 7.89. The first-order valence-electron chi connectivity index (χ1n) is 11.2. The van der Waals surface area contributed by atoms with E-state index in [0.717, 1.165) is 22.3 Å². The molecule has 0 aliphatic rings. The van der Waals surface area contributed by atoms with Crippen LogP contribution in [0.25, 0.3) is 0 Å². The number of aryl methyl sites for hydroxylation is 2. The van der Waals surface area contributed by atoms with Gasteiger partial charge in [0.1, 0.15) is 5.75 Å². The minimum atomic E-state index is -0.840. The second-order valence-electron chi connectivity index (χ2n) is 8.10. The van der Waals surface area contributed by atoms with Gasteiger partial charge in [0.15, 0.2) is 0 Å². The number of carbonyl (C=O) groups is 3. The van der Waals surface area contributed by atoms with Crippen LogP contribution in [-0.2, 0) is 29.0 Å². The number of aliphatic carboxylic acids is 1. The highest BCUT2D eigenvalue weighted by Gasteiger charge is 2.12. The standard InChI is InChI=1S/C27H29N3O5/c1-18-6-3-4-9-22(18)29-27(34)30-23-12-10-20(15-24(23)35-2)16-25(31)28-17-21-8-5-7-19(14-21)11-13-26(32)33/h3-10,12,14-15H,11,13,16-17H2,1-2H3,(H,28,31)(H,32,33)(H2,29,30,34). The lowest BCUT2D eigenvalue weighted by Crippen LogP contribution is -2.24. The number of benzene rings is 3. The van der Waals surface area contributed by atoms with E-state index in [4.69, 9.17) is 9.84 Å². The van der Waals surface area contributed by atoms with Gasteiger partial charge in [-0.3, -0.25) is 9.59 Å². The number of methoxy groups -OCH3 is 1. The summed E-state index contributed by atoms with van der Waals surface area (Å²) in [5.41, 5.74) is 4.70. The highest BCUT2D eigenvalue weighted by Crippen LogP contribution is 2.26. The van der Waals surface area contributed by atoms with Gasteiger partial charge >= 0.3 is 12.0 Å². The fourth-order valence-corrected chi connectivity index (χ4v) is 3.53. The van der Waals surface area contributed by atoms with E-state index < -0.39 is 12.0 Å². The van der Waals surface area contributed by atoms with Crippen LogP contribution in [0, 0.1) is 6.92 Å². The normalized spacial score (nSPS) is 10.3. The van der Waals surface area contributed by atoms with Crippen molar-refractivity contribution < 1.29 is 24.2 Å². The fourth-order valence-electron chi connectivity index (χ4n) is 3.53. The quantitative estimate of drug-likeness (QED) is 0.344. The molecule has 0 saturated heterocycles. The molecule has 3 aromatic rings. The third-order valence-corrected chi connectivity index (χ3v) is 5.38. The maximum atomic E-state index is 12.5. The Morgan fingerprint density at radius 3 is 2.34 bits per heavy atom. The molecule has 182 valence electrons. The Morgan fingerprint density at radius 2 is 1.60 bits per heavy atom. The van der Waals surface area contributed by atoms with Gasteiger partial charge in [-0.25, -0.2) is 4.79 Å². The molecule has 0 unspecified atom stereocenters. The summed E-state index contributed by atoms with van der Waals surface area (Å²) in [6.07, 6.45) is 0.654. The van der Waals surface area contributed by atoms with Gasteiger partial charge in [0, 0.05) is 18.7 Å². The van der Waals surface area contributed by atoms with Crippen LogP contribution in [0.15, 0.2) is 66.7 Å². The van der Waals surface area contributed by atoms with Crippen molar-refractivity contribution >= 4 is 29.3 Å². The molecule has 0 bridgehead atoms. The van der Waals surface area contributed by atoms with Crippen LogP contribution in [0.5, 0.6) is 5.75 Å². The summed E-state index contributed by atoms with van der Waals surface area (Å²) in [6, 6.07) is 19.8. The molecular weight excluding hydrogens is 446 g/mol. The molecule has 4 N–H and O–H groups in total. The summed E-state index contributed by atoms with van der Waals surface area (Å²) in [4.78, 5) is 35.6. The van der Waals surface area contributed by atoms with Gasteiger partial charge in [0.25, 0.3) is 0 Å². The minimum Gasteiger partial charge on any atom is -0.495 e. The number of ether oxygens (including phenoxy) is 1. The molecule has 0 aliphatic carbocycles. The van der Waals surface area contributed by atoms with Crippen LogP contribution in [0.2, 0.25) is 0 Å². The average Bonchev–Trinajstić information content (AvgIpc) is 2.84. The highest BCUT2D eigenvalue weighted by atomic mass is 16.5. The predicted molar refractivity (Wildman–Crippen MR) is 135 cm³/mol. The van der Waals surface area contributed by atoms with Crippen LogP contribution in [0.3, 0.4) is 0 Å². The monoisotopic (exact) mass is 475 g/mol. The van der Waals surface area contributed by atoms with Crippen molar-refractivity contribution in [3.05, 3.63) is 89.0 Å². The molecule has 8 nitrogen and oxygen atoms in total. The van der Waals surface area contributed by atoms with Gasteiger partial charge in [-0.2, -0.15) is 0 Å². The SMILES string of the molecule is COc1cc(CC(=O)NCc2cccc(CCC(=O)O)c2)ccc1NC(=O)Nc1ccccc1C. The Labute approximate surface area is 204 Å². The van der Waals surface area contributed by atoms with Gasteiger partial charge in [-0.15, -0.1) is 0 Å². The maximum absolute atomic E-state index is 12.5. The number of para-hydroxylation sites is 1. The van der Waals surface area contributed by atoms with Crippen molar-refractivity contribution in [3.63, 3.8) is 0 Å². The van der Waals surface area contributed by atoms with Crippen molar-refractivity contribution in [2.24, 2.45) is 0 Å². The first kappa shape index (κ1) is 25.3. The van der Waals surface area contributed by atoms with Crippen LogP contribution in [0.1, 0.15) is 28.7 Å². The first-order chi connectivity index (χ1) is 16.8. The fraction of sp³-hybridized carbons (Fsp3) is 0.222. The molecule has 8 heteroatoms. The molecule has 0 spiro atoms. The molecule has 0 aliphatic heterocycles. The summed E-state index contributed by atoms with van der Waals surface area (Å²) in [5, 5.41) is 17.3. The highest BCUT2D eigenvalue weighted by molar-refractivity contribution is 6.01. The van der Waals surface area contributed by atoms with Crippen molar-refractivity contribution in [2.45, 2.75) is 32.7 Å². The molecule has 0 saturated carbocycles.